The van der Waals surface area contributed by atoms with E-state index in [1.54, 1.807) is 0 Å². The summed E-state index contributed by atoms with van der Waals surface area (Å²) < 4.78 is 0. The van der Waals surface area contributed by atoms with Gasteiger partial charge in [-0.2, -0.15) is 0 Å². The molecule has 0 aliphatic heterocycles. The summed E-state index contributed by atoms with van der Waals surface area (Å²) in [5, 5.41) is 2.21. The van der Waals surface area contributed by atoms with E-state index in [9.17, 15) is 0 Å². The van der Waals surface area contributed by atoms with E-state index >= 15 is 0 Å². The largest absolute Gasteiger partial charge is 0.0888 e. The highest BCUT2D eigenvalue weighted by Gasteiger charge is 2.61. The van der Waals surface area contributed by atoms with Gasteiger partial charge in [0, 0.05) is 21.1 Å². The minimum absolute atomic E-state index is 0.375. The SMILES string of the molecule is ClC1=Cc2ccccc2C1[Si](C1CCCCC1)(C1CCCCC1)C1C(Cl)=Cc2ccccc21. The molecule has 2 fully saturated rings. The van der Waals surface area contributed by atoms with Crippen molar-refractivity contribution in [2.24, 2.45) is 0 Å². The van der Waals surface area contributed by atoms with Crippen molar-refractivity contribution in [2.75, 3.05) is 0 Å². The predicted molar refractivity (Wildman–Crippen MR) is 145 cm³/mol. The summed E-state index contributed by atoms with van der Waals surface area (Å²) in [5.74, 6) is 0. The molecule has 0 heterocycles. The van der Waals surface area contributed by atoms with Gasteiger partial charge in [0.2, 0.25) is 0 Å². The summed E-state index contributed by atoms with van der Waals surface area (Å²) >= 11 is 14.7. The molecule has 0 saturated heterocycles. The third-order valence-electron chi connectivity index (χ3n) is 9.38. The zero-order valence-electron chi connectivity index (χ0n) is 19.4. The van der Waals surface area contributed by atoms with Crippen molar-refractivity contribution in [3.63, 3.8) is 0 Å². The molecule has 0 spiro atoms. The summed E-state index contributed by atoms with van der Waals surface area (Å²) in [6.07, 6.45) is 18.3. The quantitative estimate of drug-likeness (QED) is 0.372. The molecular formula is C30H34Cl2Si. The number of halogens is 2. The fourth-order valence-electron chi connectivity index (χ4n) is 8.24. The van der Waals surface area contributed by atoms with Gasteiger partial charge in [-0.15, -0.1) is 0 Å². The second kappa shape index (κ2) is 9.06. The van der Waals surface area contributed by atoms with Crippen molar-refractivity contribution >= 4 is 43.4 Å². The molecule has 0 aromatic heterocycles. The van der Waals surface area contributed by atoms with E-state index in [0.29, 0.717) is 11.1 Å². The molecule has 4 aliphatic carbocycles. The lowest BCUT2D eigenvalue weighted by Crippen LogP contribution is -2.56. The van der Waals surface area contributed by atoms with E-state index in [1.165, 1.54) is 86.5 Å². The Labute approximate surface area is 210 Å². The molecule has 0 N–H and O–H groups in total. The molecule has 0 radical (unpaired) electrons. The Balaban J connectivity index is 1.62. The fourth-order valence-corrected chi connectivity index (χ4v) is 18.3. The van der Waals surface area contributed by atoms with Crippen molar-refractivity contribution in [3.8, 4) is 0 Å². The second-order valence-corrected chi connectivity index (χ2v) is 16.5. The van der Waals surface area contributed by atoms with Gasteiger partial charge in [-0.3, -0.25) is 0 Å². The molecule has 2 atom stereocenters. The highest BCUT2D eigenvalue weighted by Crippen LogP contribution is 2.66. The van der Waals surface area contributed by atoms with Gasteiger partial charge < -0.3 is 0 Å². The van der Waals surface area contributed by atoms with Crippen LogP contribution >= 0.6 is 23.2 Å². The van der Waals surface area contributed by atoms with Crippen molar-refractivity contribution in [3.05, 3.63) is 80.8 Å². The molecule has 6 rings (SSSR count). The summed E-state index contributed by atoms with van der Waals surface area (Å²) in [4.78, 5) is 0. The fraction of sp³-hybridized carbons (Fsp3) is 0.467. The highest BCUT2D eigenvalue weighted by atomic mass is 35.5. The number of hydrogen-bond donors (Lipinski definition) is 0. The Hall–Kier alpha value is -1.28. The van der Waals surface area contributed by atoms with Crippen LogP contribution in [-0.2, 0) is 0 Å². The van der Waals surface area contributed by atoms with Crippen LogP contribution in [0.2, 0.25) is 11.1 Å². The Morgan fingerprint density at radius 3 is 1.36 bits per heavy atom. The molecular weight excluding hydrogens is 459 g/mol. The number of rotatable bonds is 4. The van der Waals surface area contributed by atoms with Crippen LogP contribution in [-0.4, -0.2) is 8.07 Å². The Kier molecular flexibility index (Phi) is 6.09. The van der Waals surface area contributed by atoms with E-state index < -0.39 is 8.07 Å². The summed E-state index contributed by atoms with van der Waals surface area (Å²) in [6, 6.07) is 18.1. The average Bonchev–Trinajstić information content (AvgIpc) is 3.38. The van der Waals surface area contributed by atoms with Crippen LogP contribution in [0, 0.1) is 0 Å². The molecule has 2 saturated carbocycles. The van der Waals surface area contributed by atoms with Gasteiger partial charge in [0.1, 0.15) is 0 Å². The third kappa shape index (κ3) is 3.53. The lowest BCUT2D eigenvalue weighted by Gasteiger charge is -2.55. The van der Waals surface area contributed by atoms with Gasteiger partial charge in [-0.25, -0.2) is 0 Å². The van der Waals surface area contributed by atoms with Crippen molar-refractivity contribution in [2.45, 2.75) is 86.4 Å². The zero-order valence-corrected chi connectivity index (χ0v) is 21.9. The van der Waals surface area contributed by atoms with Crippen LogP contribution in [0.15, 0.2) is 58.6 Å². The first-order valence-electron chi connectivity index (χ1n) is 13.1. The van der Waals surface area contributed by atoms with E-state index in [2.05, 4.69) is 60.7 Å². The first-order chi connectivity index (χ1) is 16.2. The molecule has 3 heteroatoms. The van der Waals surface area contributed by atoms with Crippen LogP contribution < -0.4 is 0 Å². The Bertz CT molecular complexity index is 1000. The lowest BCUT2D eigenvalue weighted by molar-refractivity contribution is 0.441. The monoisotopic (exact) mass is 492 g/mol. The van der Waals surface area contributed by atoms with Gasteiger partial charge >= 0.3 is 0 Å². The molecule has 0 nitrogen and oxygen atoms in total. The van der Waals surface area contributed by atoms with E-state index in [1.807, 2.05) is 0 Å². The maximum Gasteiger partial charge on any atom is 0.0873 e. The van der Waals surface area contributed by atoms with Gasteiger partial charge in [-0.1, -0.05) is 136 Å². The van der Waals surface area contributed by atoms with E-state index in [4.69, 9.17) is 23.2 Å². The van der Waals surface area contributed by atoms with Gasteiger partial charge in [0.15, 0.2) is 0 Å². The van der Waals surface area contributed by atoms with Gasteiger partial charge in [0.25, 0.3) is 0 Å². The zero-order chi connectivity index (χ0) is 22.4. The standard InChI is InChI=1S/C30H34Cl2Si/c31-27-19-21-11-7-9-17-25(21)29(27)33(23-13-3-1-4-14-23,24-15-5-2-6-16-24)30-26-18-10-8-12-22(26)20-28(30)32/h7-12,17-20,23-24,29-30H,1-6,13-16H2. The Morgan fingerprint density at radius 1 is 0.545 bits per heavy atom. The van der Waals surface area contributed by atoms with Crippen molar-refractivity contribution < 1.29 is 0 Å². The van der Waals surface area contributed by atoms with Crippen molar-refractivity contribution in [1.82, 2.24) is 0 Å². The van der Waals surface area contributed by atoms with E-state index in [0.717, 1.165) is 21.1 Å². The maximum absolute atomic E-state index is 7.35. The smallest absolute Gasteiger partial charge is 0.0873 e. The van der Waals surface area contributed by atoms with Crippen LogP contribution in [0.4, 0.5) is 0 Å². The predicted octanol–water partition coefficient (Wildman–Crippen LogP) is 9.94. The molecule has 0 bridgehead atoms. The summed E-state index contributed by atoms with van der Waals surface area (Å²) in [6.45, 7) is 0. The second-order valence-electron chi connectivity index (χ2n) is 10.9. The molecule has 172 valence electrons. The average molecular weight is 494 g/mol. The van der Waals surface area contributed by atoms with Crippen LogP contribution in [0.25, 0.3) is 12.2 Å². The third-order valence-corrected chi connectivity index (χ3v) is 17.6. The van der Waals surface area contributed by atoms with E-state index in [-0.39, 0.29) is 0 Å². The summed E-state index contributed by atoms with van der Waals surface area (Å²) in [7, 11) is -2.16. The van der Waals surface area contributed by atoms with Gasteiger partial charge in [0.05, 0.1) is 8.07 Å². The van der Waals surface area contributed by atoms with Gasteiger partial charge in [-0.05, 0) is 45.5 Å². The van der Waals surface area contributed by atoms with Crippen LogP contribution in [0.3, 0.4) is 0 Å². The minimum Gasteiger partial charge on any atom is -0.0888 e. The molecule has 2 unspecified atom stereocenters. The summed E-state index contributed by atoms with van der Waals surface area (Å²) in [5.41, 5.74) is 8.01. The number of fused-ring (bicyclic) bond motifs is 2. The Morgan fingerprint density at radius 2 is 0.939 bits per heavy atom. The molecule has 4 aliphatic rings. The topological polar surface area (TPSA) is 0 Å². The minimum atomic E-state index is -2.16. The first kappa shape index (κ1) is 22.2. The van der Waals surface area contributed by atoms with Crippen LogP contribution in [0.5, 0.6) is 0 Å². The number of hydrogen-bond acceptors (Lipinski definition) is 0. The van der Waals surface area contributed by atoms with Crippen molar-refractivity contribution in [1.29, 1.82) is 0 Å². The molecule has 33 heavy (non-hydrogen) atoms. The van der Waals surface area contributed by atoms with Crippen LogP contribution in [0.1, 0.15) is 97.5 Å². The lowest BCUT2D eigenvalue weighted by atomic mass is 9.99. The molecule has 2 aromatic rings. The maximum atomic E-state index is 7.35. The highest BCUT2D eigenvalue weighted by molar-refractivity contribution is 6.88. The first-order valence-corrected chi connectivity index (χ1v) is 16.2. The normalized spacial score (nSPS) is 26.0. The number of allylic oxidation sites excluding steroid dienone is 2. The number of benzene rings is 2. The molecule has 0 amide bonds. The molecule has 2 aromatic carbocycles.